The predicted octanol–water partition coefficient (Wildman–Crippen LogP) is 3.54. The molecule has 3 rings (SSSR count). The molecule has 0 saturated carbocycles. The third-order valence-corrected chi connectivity index (χ3v) is 3.34. The molecule has 0 spiro atoms. The number of fused-ring (bicyclic) bond motifs is 1. The van der Waals surface area contributed by atoms with Crippen molar-refractivity contribution in [3.63, 3.8) is 0 Å². The summed E-state index contributed by atoms with van der Waals surface area (Å²) in [7, 11) is 0. The van der Waals surface area contributed by atoms with Crippen molar-refractivity contribution in [1.29, 1.82) is 5.26 Å². The van der Waals surface area contributed by atoms with Crippen LogP contribution in [0.3, 0.4) is 0 Å². The van der Waals surface area contributed by atoms with E-state index in [9.17, 15) is 10.1 Å². The van der Waals surface area contributed by atoms with Gasteiger partial charge < -0.3 is 4.98 Å². The molecule has 2 aromatic carbocycles. The highest BCUT2D eigenvalue weighted by atomic mass is 16.1. The summed E-state index contributed by atoms with van der Waals surface area (Å²) in [6.45, 7) is 0. The molecule has 0 amide bonds. The molecule has 1 N–H and O–H groups in total. The molecule has 0 atom stereocenters. The first-order valence-corrected chi connectivity index (χ1v) is 7.11. The molecule has 4 nitrogen and oxygen atoms in total. The average Bonchev–Trinajstić information content (AvgIpc) is 2.59. The second kappa shape index (κ2) is 6.54. The van der Waals surface area contributed by atoms with E-state index in [0.29, 0.717) is 16.5 Å². The Morgan fingerprint density at radius 2 is 1.83 bits per heavy atom. The number of hydrogen-bond donors (Lipinski definition) is 1. The van der Waals surface area contributed by atoms with Crippen LogP contribution in [0.15, 0.2) is 71.5 Å². The van der Waals surface area contributed by atoms with Gasteiger partial charge in [0.25, 0.3) is 5.56 Å². The maximum absolute atomic E-state index is 12.1. The van der Waals surface area contributed by atoms with Crippen molar-refractivity contribution in [3.05, 3.63) is 88.5 Å². The average molecular weight is 299 g/mol. The molecule has 0 aliphatic rings. The predicted molar refractivity (Wildman–Crippen MR) is 91.4 cm³/mol. The SMILES string of the molecule is N#CC(=CC=Cc1ccccc1)c1nc2ccccc2c(=O)[nH]1. The van der Waals surface area contributed by atoms with E-state index in [-0.39, 0.29) is 11.4 Å². The van der Waals surface area contributed by atoms with Crippen molar-refractivity contribution in [3.8, 4) is 6.07 Å². The number of nitrogens with zero attached hydrogens (tertiary/aromatic N) is 2. The quantitative estimate of drug-likeness (QED) is 0.594. The van der Waals surface area contributed by atoms with E-state index >= 15 is 0 Å². The Hall–Kier alpha value is -3.45. The minimum atomic E-state index is -0.251. The van der Waals surface area contributed by atoms with Crippen molar-refractivity contribution >= 4 is 22.6 Å². The zero-order valence-electron chi connectivity index (χ0n) is 12.2. The van der Waals surface area contributed by atoms with Crippen molar-refractivity contribution in [1.82, 2.24) is 9.97 Å². The number of para-hydroxylation sites is 1. The number of aromatic nitrogens is 2. The Bertz CT molecular complexity index is 992. The maximum Gasteiger partial charge on any atom is 0.259 e. The Labute approximate surface area is 133 Å². The molecule has 0 unspecified atom stereocenters. The van der Waals surface area contributed by atoms with Crippen molar-refractivity contribution in [2.24, 2.45) is 0 Å². The summed E-state index contributed by atoms with van der Waals surface area (Å²) in [5.41, 5.74) is 1.65. The largest absolute Gasteiger partial charge is 0.305 e. The number of H-pyrrole nitrogens is 1. The van der Waals surface area contributed by atoms with Gasteiger partial charge in [0.1, 0.15) is 6.07 Å². The summed E-state index contributed by atoms with van der Waals surface area (Å²) in [6.07, 6.45) is 5.29. The lowest BCUT2D eigenvalue weighted by Gasteiger charge is -2.00. The summed E-state index contributed by atoms with van der Waals surface area (Å²) in [5, 5.41) is 9.83. The van der Waals surface area contributed by atoms with Crippen LogP contribution < -0.4 is 5.56 Å². The summed E-state index contributed by atoms with van der Waals surface area (Å²) in [4.78, 5) is 19.1. The van der Waals surface area contributed by atoms with Crippen LogP contribution in [0.5, 0.6) is 0 Å². The number of aromatic amines is 1. The summed E-state index contributed by atoms with van der Waals surface area (Å²) < 4.78 is 0. The summed E-state index contributed by atoms with van der Waals surface area (Å²) in [5.74, 6) is 0.272. The summed E-state index contributed by atoms with van der Waals surface area (Å²) in [6, 6.07) is 18.9. The Kier molecular flexibility index (Phi) is 4.12. The lowest BCUT2D eigenvalue weighted by atomic mass is 10.2. The topological polar surface area (TPSA) is 69.5 Å². The van der Waals surface area contributed by atoms with Gasteiger partial charge in [0.05, 0.1) is 16.5 Å². The van der Waals surface area contributed by atoms with Crippen LogP contribution in [0.4, 0.5) is 0 Å². The van der Waals surface area contributed by atoms with Crippen LogP contribution in [-0.2, 0) is 0 Å². The fraction of sp³-hybridized carbons (Fsp3) is 0. The lowest BCUT2D eigenvalue weighted by molar-refractivity contribution is 1.13. The van der Waals surface area contributed by atoms with E-state index in [2.05, 4.69) is 16.0 Å². The monoisotopic (exact) mass is 299 g/mol. The third-order valence-electron chi connectivity index (χ3n) is 3.34. The standard InChI is InChI=1S/C19H13N3O/c20-13-15(10-6-9-14-7-2-1-3-8-14)18-21-17-12-5-4-11-16(17)19(23)22-18/h1-12H,(H,21,22,23). The molecule has 0 fully saturated rings. The second-order valence-corrected chi connectivity index (χ2v) is 4.89. The van der Waals surface area contributed by atoms with Crippen LogP contribution in [0, 0.1) is 11.3 Å². The highest BCUT2D eigenvalue weighted by Crippen LogP contribution is 2.12. The molecule has 1 heterocycles. The van der Waals surface area contributed by atoms with E-state index in [1.54, 1.807) is 30.4 Å². The smallest absolute Gasteiger partial charge is 0.259 e. The van der Waals surface area contributed by atoms with Gasteiger partial charge in [-0.1, -0.05) is 54.6 Å². The Morgan fingerprint density at radius 1 is 1.09 bits per heavy atom. The molecular weight excluding hydrogens is 286 g/mol. The first-order chi connectivity index (χ1) is 11.3. The van der Waals surface area contributed by atoms with Gasteiger partial charge in [0.2, 0.25) is 0 Å². The second-order valence-electron chi connectivity index (χ2n) is 4.89. The van der Waals surface area contributed by atoms with Crippen LogP contribution in [0.1, 0.15) is 11.4 Å². The van der Waals surface area contributed by atoms with Gasteiger partial charge in [0.15, 0.2) is 5.82 Å². The number of allylic oxidation sites excluding steroid dienone is 3. The van der Waals surface area contributed by atoms with Crippen molar-refractivity contribution < 1.29 is 0 Å². The molecule has 0 aliphatic heterocycles. The molecule has 23 heavy (non-hydrogen) atoms. The highest BCUT2D eigenvalue weighted by molar-refractivity contribution is 5.81. The molecule has 0 bridgehead atoms. The summed E-state index contributed by atoms with van der Waals surface area (Å²) >= 11 is 0. The lowest BCUT2D eigenvalue weighted by Crippen LogP contribution is -2.11. The molecular formula is C19H13N3O. The molecule has 4 heteroatoms. The number of hydrogen-bond acceptors (Lipinski definition) is 3. The van der Waals surface area contributed by atoms with E-state index in [4.69, 9.17) is 0 Å². The van der Waals surface area contributed by atoms with Crippen LogP contribution >= 0.6 is 0 Å². The Balaban J connectivity index is 1.98. The van der Waals surface area contributed by atoms with Gasteiger partial charge in [-0.25, -0.2) is 4.98 Å². The maximum atomic E-state index is 12.1. The fourth-order valence-corrected chi connectivity index (χ4v) is 2.20. The van der Waals surface area contributed by atoms with Gasteiger partial charge in [0, 0.05) is 0 Å². The van der Waals surface area contributed by atoms with Gasteiger partial charge in [-0.3, -0.25) is 4.79 Å². The van der Waals surface area contributed by atoms with E-state index < -0.39 is 0 Å². The normalized spacial score (nSPS) is 11.7. The molecule has 110 valence electrons. The van der Waals surface area contributed by atoms with Crippen LogP contribution in [0.2, 0.25) is 0 Å². The molecule has 3 aromatic rings. The molecule has 0 radical (unpaired) electrons. The fourth-order valence-electron chi connectivity index (χ4n) is 2.20. The number of nitrogens with one attached hydrogen (secondary N) is 1. The Morgan fingerprint density at radius 3 is 2.61 bits per heavy atom. The van der Waals surface area contributed by atoms with Gasteiger partial charge in [-0.2, -0.15) is 5.26 Å². The number of nitriles is 1. The van der Waals surface area contributed by atoms with E-state index in [0.717, 1.165) is 5.56 Å². The zero-order valence-corrected chi connectivity index (χ0v) is 12.2. The van der Waals surface area contributed by atoms with E-state index in [1.807, 2.05) is 42.5 Å². The molecule has 0 saturated heterocycles. The minimum Gasteiger partial charge on any atom is -0.305 e. The van der Waals surface area contributed by atoms with Gasteiger partial charge in [-0.15, -0.1) is 0 Å². The molecule has 1 aromatic heterocycles. The third kappa shape index (κ3) is 3.25. The molecule has 0 aliphatic carbocycles. The van der Waals surface area contributed by atoms with Gasteiger partial charge >= 0.3 is 0 Å². The number of rotatable bonds is 3. The van der Waals surface area contributed by atoms with Crippen molar-refractivity contribution in [2.75, 3.05) is 0 Å². The van der Waals surface area contributed by atoms with Crippen LogP contribution in [-0.4, -0.2) is 9.97 Å². The first kappa shape index (κ1) is 14.5. The van der Waals surface area contributed by atoms with Gasteiger partial charge in [-0.05, 0) is 23.8 Å². The zero-order chi connectivity index (χ0) is 16.1. The van der Waals surface area contributed by atoms with Crippen LogP contribution in [0.25, 0.3) is 22.6 Å². The number of benzene rings is 2. The minimum absolute atomic E-state index is 0.251. The highest BCUT2D eigenvalue weighted by Gasteiger charge is 2.06. The van der Waals surface area contributed by atoms with Crippen molar-refractivity contribution in [2.45, 2.75) is 0 Å². The first-order valence-electron chi connectivity index (χ1n) is 7.11. The van der Waals surface area contributed by atoms with E-state index in [1.165, 1.54) is 0 Å².